The number of hydrogen-bond donors (Lipinski definition) is 1. The topological polar surface area (TPSA) is 66.0 Å². The van der Waals surface area contributed by atoms with E-state index in [-0.39, 0.29) is 6.10 Å². The van der Waals surface area contributed by atoms with Gasteiger partial charge < -0.3 is 10.5 Å². The van der Waals surface area contributed by atoms with Crippen LogP contribution in [0.25, 0.3) is 0 Å². The molecule has 5 nitrogen and oxygen atoms in total. The van der Waals surface area contributed by atoms with Gasteiger partial charge in [0.15, 0.2) is 0 Å². The third kappa shape index (κ3) is 2.41. The molecule has 1 unspecified atom stereocenters. The van der Waals surface area contributed by atoms with Gasteiger partial charge in [0.25, 0.3) is 0 Å². The average Bonchev–Trinajstić information content (AvgIpc) is 3.00. The Balaban J connectivity index is 2.20. The van der Waals surface area contributed by atoms with Gasteiger partial charge >= 0.3 is 0 Å². The summed E-state index contributed by atoms with van der Waals surface area (Å²) < 4.78 is 7.38. The van der Waals surface area contributed by atoms with Gasteiger partial charge in [-0.3, -0.25) is 0 Å². The van der Waals surface area contributed by atoms with Crippen LogP contribution in [0.15, 0.2) is 0 Å². The number of aromatic nitrogens is 3. The average molecular weight is 224 g/mol. The Bertz CT molecular complexity index is 346. The largest absolute Gasteiger partial charge is 0.375 e. The third-order valence-electron chi connectivity index (χ3n) is 3.09. The van der Waals surface area contributed by atoms with Crippen LogP contribution in [0, 0.1) is 5.92 Å². The Morgan fingerprint density at radius 3 is 2.88 bits per heavy atom. The van der Waals surface area contributed by atoms with Crippen LogP contribution in [0.1, 0.15) is 37.3 Å². The summed E-state index contributed by atoms with van der Waals surface area (Å²) in [5.41, 5.74) is 7.66. The molecule has 90 valence electrons. The molecule has 1 saturated carbocycles. The van der Waals surface area contributed by atoms with Crippen molar-refractivity contribution in [2.24, 2.45) is 11.7 Å². The van der Waals surface area contributed by atoms with E-state index in [1.165, 1.54) is 12.8 Å². The van der Waals surface area contributed by atoms with Crippen LogP contribution in [0.4, 0.5) is 0 Å². The molecule has 0 saturated heterocycles. The molecule has 2 rings (SSSR count). The Morgan fingerprint density at radius 1 is 1.56 bits per heavy atom. The molecule has 2 N–H and O–H groups in total. The van der Waals surface area contributed by atoms with Crippen LogP contribution < -0.4 is 5.73 Å². The molecule has 16 heavy (non-hydrogen) atoms. The zero-order valence-electron chi connectivity index (χ0n) is 10.0. The van der Waals surface area contributed by atoms with Gasteiger partial charge in [-0.25, -0.2) is 4.68 Å². The van der Waals surface area contributed by atoms with Gasteiger partial charge in [0.2, 0.25) is 0 Å². The number of nitrogens with zero attached hydrogens (tertiary/aromatic N) is 3. The van der Waals surface area contributed by atoms with Gasteiger partial charge in [-0.1, -0.05) is 5.21 Å². The van der Waals surface area contributed by atoms with Gasteiger partial charge in [-0.2, -0.15) is 0 Å². The molecule has 1 aromatic heterocycles. The van der Waals surface area contributed by atoms with E-state index in [4.69, 9.17) is 10.5 Å². The number of nitrogens with two attached hydrogens (primary N) is 1. The van der Waals surface area contributed by atoms with Crippen molar-refractivity contribution in [2.75, 3.05) is 13.7 Å². The van der Waals surface area contributed by atoms with Crippen LogP contribution in [-0.2, 0) is 17.7 Å². The molecule has 1 aliphatic rings. The maximum atomic E-state index is 5.58. The number of methoxy groups -OCH3 is 1. The SMILES string of the molecule is COC(C)c1c(CCN)nnn1CC1CC1. The highest BCUT2D eigenvalue weighted by molar-refractivity contribution is 5.13. The van der Waals surface area contributed by atoms with Crippen LogP contribution in [-0.4, -0.2) is 28.6 Å². The van der Waals surface area contributed by atoms with Crippen molar-refractivity contribution in [3.8, 4) is 0 Å². The smallest absolute Gasteiger partial charge is 0.0978 e. The fourth-order valence-electron chi connectivity index (χ4n) is 1.91. The van der Waals surface area contributed by atoms with E-state index in [2.05, 4.69) is 10.3 Å². The van der Waals surface area contributed by atoms with Crippen LogP contribution in [0.3, 0.4) is 0 Å². The molecule has 0 aromatic carbocycles. The predicted octanol–water partition coefficient (Wildman–Crippen LogP) is 0.897. The van der Waals surface area contributed by atoms with Crippen molar-refractivity contribution in [1.82, 2.24) is 15.0 Å². The van der Waals surface area contributed by atoms with Crippen LogP contribution >= 0.6 is 0 Å². The summed E-state index contributed by atoms with van der Waals surface area (Å²) in [6.07, 6.45) is 3.43. The standard InChI is InChI=1S/C11H20N4O/c1-8(16-2)11-10(5-6-12)13-14-15(11)7-9-3-4-9/h8-9H,3-7,12H2,1-2H3. The quantitative estimate of drug-likeness (QED) is 0.779. The summed E-state index contributed by atoms with van der Waals surface area (Å²) in [4.78, 5) is 0. The number of ether oxygens (including phenoxy) is 1. The molecule has 1 aliphatic carbocycles. The minimum Gasteiger partial charge on any atom is -0.375 e. The molecule has 0 amide bonds. The predicted molar refractivity (Wildman–Crippen MR) is 60.9 cm³/mol. The maximum Gasteiger partial charge on any atom is 0.0978 e. The van der Waals surface area contributed by atoms with Crippen molar-refractivity contribution in [1.29, 1.82) is 0 Å². The molecular formula is C11H20N4O. The first-order chi connectivity index (χ1) is 7.76. The highest BCUT2D eigenvalue weighted by Gasteiger charge is 2.26. The molecule has 0 aliphatic heterocycles. The van der Waals surface area contributed by atoms with Gasteiger partial charge in [-0.15, -0.1) is 5.10 Å². The van der Waals surface area contributed by atoms with E-state index < -0.39 is 0 Å². The van der Waals surface area contributed by atoms with Crippen LogP contribution in [0.2, 0.25) is 0 Å². The Morgan fingerprint density at radius 2 is 2.31 bits per heavy atom. The first-order valence-corrected chi connectivity index (χ1v) is 5.91. The second-order valence-corrected chi connectivity index (χ2v) is 4.46. The second-order valence-electron chi connectivity index (χ2n) is 4.46. The molecule has 1 atom stereocenters. The van der Waals surface area contributed by atoms with Crippen molar-refractivity contribution < 1.29 is 4.74 Å². The van der Waals surface area contributed by atoms with E-state index in [1.807, 2.05) is 11.6 Å². The molecule has 1 aromatic rings. The second kappa shape index (κ2) is 4.93. The van der Waals surface area contributed by atoms with Gasteiger partial charge in [-0.05, 0) is 32.2 Å². The molecule has 0 bridgehead atoms. The monoisotopic (exact) mass is 224 g/mol. The highest BCUT2D eigenvalue weighted by atomic mass is 16.5. The maximum absolute atomic E-state index is 5.58. The van der Waals surface area contributed by atoms with E-state index in [0.717, 1.165) is 30.3 Å². The molecule has 0 radical (unpaired) electrons. The van der Waals surface area contributed by atoms with Gasteiger partial charge in [0.1, 0.15) is 0 Å². The summed E-state index contributed by atoms with van der Waals surface area (Å²) in [6, 6.07) is 0. The third-order valence-corrected chi connectivity index (χ3v) is 3.09. The van der Waals surface area contributed by atoms with E-state index >= 15 is 0 Å². The zero-order chi connectivity index (χ0) is 11.5. The molecular weight excluding hydrogens is 204 g/mol. The summed E-state index contributed by atoms with van der Waals surface area (Å²) in [6.45, 7) is 3.61. The lowest BCUT2D eigenvalue weighted by Gasteiger charge is -2.13. The van der Waals surface area contributed by atoms with Crippen molar-refractivity contribution in [2.45, 2.75) is 38.8 Å². The van der Waals surface area contributed by atoms with Crippen molar-refractivity contribution >= 4 is 0 Å². The lowest BCUT2D eigenvalue weighted by molar-refractivity contribution is 0.110. The van der Waals surface area contributed by atoms with Gasteiger partial charge in [0.05, 0.1) is 17.5 Å². The van der Waals surface area contributed by atoms with Gasteiger partial charge in [0, 0.05) is 20.1 Å². The summed E-state index contributed by atoms with van der Waals surface area (Å²) in [5.74, 6) is 0.787. The van der Waals surface area contributed by atoms with Crippen LogP contribution in [0.5, 0.6) is 0 Å². The Kier molecular flexibility index (Phi) is 3.56. The molecule has 5 heteroatoms. The summed E-state index contributed by atoms with van der Waals surface area (Å²) in [5, 5.41) is 8.42. The minimum atomic E-state index is 0.0373. The lowest BCUT2D eigenvalue weighted by atomic mass is 10.1. The summed E-state index contributed by atoms with van der Waals surface area (Å²) in [7, 11) is 1.71. The lowest BCUT2D eigenvalue weighted by Crippen LogP contribution is -2.13. The minimum absolute atomic E-state index is 0.0373. The molecule has 1 heterocycles. The first kappa shape index (κ1) is 11.5. The zero-order valence-corrected chi connectivity index (χ0v) is 10.0. The Labute approximate surface area is 96.0 Å². The summed E-state index contributed by atoms with van der Waals surface area (Å²) >= 11 is 0. The fourth-order valence-corrected chi connectivity index (χ4v) is 1.91. The Hall–Kier alpha value is -0.940. The van der Waals surface area contributed by atoms with Crippen molar-refractivity contribution in [3.05, 3.63) is 11.4 Å². The van der Waals surface area contributed by atoms with E-state index in [0.29, 0.717) is 6.54 Å². The molecule has 0 spiro atoms. The van der Waals surface area contributed by atoms with E-state index in [9.17, 15) is 0 Å². The first-order valence-electron chi connectivity index (χ1n) is 5.91. The molecule has 1 fully saturated rings. The fraction of sp³-hybridized carbons (Fsp3) is 0.818. The number of hydrogen-bond acceptors (Lipinski definition) is 4. The number of rotatable bonds is 6. The van der Waals surface area contributed by atoms with Crippen molar-refractivity contribution in [3.63, 3.8) is 0 Å². The highest BCUT2D eigenvalue weighted by Crippen LogP contribution is 2.32. The normalized spacial score (nSPS) is 17.7. The van der Waals surface area contributed by atoms with E-state index in [1.54, 1.807) is 7.11 Å².